The minimum absolute atomic E-state index is 0.0364. The molecular formula is C19H32N2O3. The third kappa shape index (κ3) is 6.06. The summed E-state index contributed by atoms with van der Waals surface area (Å²) in [4.78, 5) is 5.00. The number of nitrogens with zero attached hydrogens (tertiary/aromatic N) is 2. The average molecular weight is 336 g/mol. The van der Waals surface area contributed by atoms with Crippen LogP contribution in [0.4, 0.5) is 0 Å². The first-order valence-corrected chi connectivity index (χ1v) is 9.02. The second kappa shape index (κ2) is 9.99. The van der Waals surface area contributed by atoms with Crippen LogP contribution in [0.15, 0.2) is 24.3 Å². The van der Waals surface area contributed by atoms with Crippen molar-refractivity contribution in [3.8, 4) is 5.75 Å². The van der Waals surface area contributed by atoms with Gasteiger partial charge in [-0.3, -0.25) is 9.80 Å². The zero-order valence-electron chi connectivity index (χ0n) is 15.0. The highest BCUT2D eigenvalue weighted by Crippen LogP contribution is 2.18. The molecule has 0 aliphatic carbocycles. The first-order chi connectivity index (χ1) is 11.6. The van der Waals surface area contributed by atoms with Crippen LogP contribution in [0.1, 0.15) is 25.8 Å². The maximum Gasteiger partial charge on any atom is 0.119 e. The number of hydrogen-bond acceptors (Lipinski definition) is 5. The van der Waals surface area contributed by atoms with Gasteiger partial charge in [0.25, 0.3) is 0 Å². The van der Waals surface area contributed by atoms with Crippen LogP contribution in [0.5, 0.6) is 5.75 Å². The third-order valence-corrected chi connectivity index (χ3v) is 4.44. The average Bonchev–Trinajstić information content (AvgIpc) is 2.56. The number of aliphatic hydroxyl groups excluding tert-OH is 2. The van der Waals surface area contributed by atoms with Crippen LogP contribution in [0.2, 0.25) is 0 Å². The zero-order chi connectivity index (χ0) is 17.4. The summed E-state index contributed by atoms with van der Waals surface area (Å²) in [7, 11) is 0. The summed E-state index contributed by atoms with van der Waals surface area (Å²) in [6, 6.07) is 8.55. The second-order valence-electron chi connectivity index (χ2n) is 7.01. The van der Waals surface area contributed by atoms with Crippen LogP contribution in [0, 0.1) is 5.92 Å². The molecule has 0 bridgehead atoms. The maximum absolute atomic E-state index is 9.37. The van der Waals surface area contributed by atoms with Gasteiger partial charge in [-0.2, -0.15) is 0 Å². The minimum atomic E-state index is 0.0364. The second-order valence-corrected chi connectivity index (χ2v) is 7.01. The lowest BCUT2D eigenvalue weighted by molar-refractivity contribution is 0.0477. The molecule has 0 aromatic heterocycles. The van der Waals surface area contributed by atoms with Crippen molar-refractivity contribution < 1.29 is 14.9 Å². The number of aliphatic hydroxyl groups is 2. The Bertz CT molecular complexity index is 464. The van der Waals surface area contributed by atoms with Gasteiger partial charge in [-0.15, -0.1) is 0 Å². The molecule has 5 nitrogen and oxygen atoms in total. The Morgan fingerprint density at radius 1 is 1.12 bits per heavy atom. The summed E-state index contributed by atoms with van der Waals surface area (Å²) in [6.07, 6.45) is 0.844. The van der Waals surface area contributed by atoms with Crippen molar-refractivity contribution in [2.45, 2.75) is 32.9 Å². The lowest BCUT2D eigenvalue weighted by Crippen LogP contribution is -2.53. The molecule has 1 aromatic rings. The van der Waals surface area contributed by atoms with Gasteiger partial charge in [0.05, 0.1) is 6.61 Å². The van der Waals surface area contributed by atoms with Crippen LogP contribution in [0.3, 0.4) is 0 Å². The van der Waals surface area contributed by atoms with E-state index in [1.807, 2.05) is 12.1 Å². The highest BCUT2D eigenvalue weighted by atomic mass is 16.5. The molecule has 1 aliphatic heterocycles. The topological polar surface area (TPSA) is 56.2 Å². The fourth-order valence-electron chi connectivity index (χ4n) is 3.35. The summed E-state index contributed by atoms with van der Waals surface area (Å²) in [5, 5.41) is 18.2. The quantitative estimate of drug-likeness (QED) is 0.717. The molecule has 1 atom stereocenters. The monoisotopic (exact) mass is 336 g/mol. The van der Waals surface area contributed by atoms with Crippen LogP contribution >= 0.6 is 0 Å². The lowest BCUT2D eigenvalue weighted by Gasteiger charge is -2.42. The van der Waals surface area contributed by atoms with E-state index >= 15 is 0 Å². The first-order valence-electron chi connectivity index (χ1n) is 9.02. The largest absolute Gasteiger partial charge is 0.491 e. The SMILES string of the molecule is CC(C)CN1CCN(Cc2ccc(OCCO)cc2)C[C@H]1CCO. The van der Waals surface area contributed by atoms with Gasteiger partial charge in [-0.25, -0.2) is 0 Å². The van der Waals surface area contributed by atoms with E-state index in [4.69, 9.17) is 9.84 Å². The summed E-state index contributed by atoms with van der Waals surface area (Å²) in [5.74, 6) is 1.46. The molecular weight excluding hydrogens is 304 g/mol. The van der Waals surface area contributed by atoms with Crippen LogP contribution < -0.4 is 4.74 Å². The van der Waals surface area contributed by atoms with Crippen molar-refractivity contribution >= 4 is 0 Å². The number of rotatable bonds is 9. The van der Waals surface area contributed by atoms with Gasteiger partial charge < -0.3 is 14.9 Å². The van der Waals surface area contributed by atoms with Gasteiger partial charge in [-0.1, -0.05) is 26.0 Å². The van der Waals surface area contributed by atoms with E-state index < -0.39 is 0 Å². The van der Waals surface area contributed by atoms with E-state index in [0.717, 1.165) is 44.9 Å². The Labute approximate surface area is 145 Å². The van der Waals surface area contributed by atoms with E-state index in [1.54, 1.807) is 0 Å². The van der Waals surface area contributed by atoms with Crippen molar-refractivity contribution in [1.29, 1.82) is 0 Å². The standard InChI is InChI=1S/C19H32N2O3/c1-16(2)13-21-9-8-20(15-18(21)7-10-22)14-17-3-5-19(6-4-17)24-12-11-23/h3-6,16,18,22-23H,7-15H2,1-2H3/t18-/m1/s1. The summed E-state index contributed by atoms with van der Waals surface area (Å²) < 4.78 is 5.40. The molecule has 2 N–H and O–H groups in total. The maximum atomic E-state index is 9.37. The van der Waals surface area contributed by atoms with Gasteiger partial charge in [0.15, 0.2) is 0 Å². The highest BCUT2D eigenvalue weighted by molar-refractivity contribution is 5.27. The van der Waals surface area contributed by atoms with E-state index in [-0.39, 0.29) is 13.2 Å². The molecule has 0 unspecified atom stereocenters. The van der Waals surface area contributed by atoms with Gasteiger partial charge >= 0.3 is 0 Å². The summed E-state index contributed by atoms with van der Waals surface area (Å²) in [6.45, 7) is 10.3. The fraction of sp³-hybridized carbons (Fsp3) is 0.684. The predicted octanol–water partition coefficient (Wildman–Crippen LogP) is 1.58. The van der Waals surface area contributed by atoms with Crippen LogP contribution in [0.25, 0.3) is 0 Å². The van der Waals surface area contributed by atoms with E-state index in [9.17, 15) is 5.11 Å². The smallest absolute Gasteiger partial charge is 0.119 e. The minimum Gasteiger partial charge on any atom is -0.491 e. The number of benzene rings is 1. The molecule has 0 radical (unpaired) electrons. The van der Waals surface area contributed by atoms with E-state index in [2.05, 4.69) is 35.8 Å². The van der Waals surface area contributed by atoms with Gasteiger partial charge in [0.1, 0.15) is 12.4 Å². The molecule has 1 heterocycles. The van der Waals surface area contributed by atoms with Crippen molar-refractivity contribution in [2.75, 3.05) is 46.0 Å². The Morgan fingerprint density at radius 3 is 2.50 bits per heavy atom. The van der Waals surface area contributed by atoms with Crippen molar-refractivity contribution in [1.82, 2.24) is 9.80 Å². The molecule has 24 heavy (non-hydrogen) atoms. The highest BCUT2D eigenvalue weighted by Gasteiger charge is 2.26. The normalized spacial score (nSPS) is 19.8. The molecule has 1 saturated heterocycles. The molecule has 0 saturated carbocycles. The van der Waals surface area contributed by atoms with Gasteiger partial charge in [0, 0.05) is 45.4 Å². The molecule has 136 valence electrons. The Hall–Kier alpha value is -1.14. The Kier molecular flexibility index (Phi) is 7.99. The first kappa shape index (κ1) is 19.2. The Balaban J connectivity index is 1.88. The summed E-state index contributed by atoms with van der Waals surface area (Å²) >= 11 is 0. The van der Waals surface area contributed by atoms with Gasteiger partial charge in [0.2, 0.25) is 0 Å². The molecule has 1 aromatic carbocycles. The molecule has 0 spiro atoms. The number of ether oxygens (including phenoxy) is 1. The summed E-state index contributed by atoms with van der Waals surface area (Å²) in [5.41, 5.74) is 1.27. The van der Waals surface area contributed by atoms with Crippen molar-refractivity contribution in [2.24, 2.45) is 5.92 Å². The number of piperazine rings is 1. The fourth-order valence-corrected chi connectivity index (χ4v) is 3.35. The third-order valence-electron chi connectivity index (χ3n) is 4.44. The predicted molar refractivity (Wildman–Crippen MR) is 96.2 cm³/mol. The molecule has 5 heteroatoms. The number of hydrogen-bond donors (Lipinski definition) is 2. The zero-order valence-corrected chi connectivity index (χ0v) is 15.0. The molecule has 0 amide bonds. The van der Waals surface area contributed by atoms with Crippen molar-refractivity contribution in [3.05, 3.63) is 29.8 Å². The van der Waals surface area contributed by atoms with E-state index in [0.29, 0.717) is 18.6 Å². The van der Waals surface area contributed by atoms with E-state index in [1.165, 1.54) is 5.56 Å². The van der Waals surface area contributed by atoms with Crippen LogP contribution in [-0.2, 0) is 6.54 Å². The van der Waals surface area contributed by atoms with Crippen molar-refractivity contribution in [3.63, 3.8) is 0 Å². The van der Waals surface area contributed by atoms with Gasteiger partial charge in [-0.05, 0) is 30.0 Å². The molecule has 2 rings (SSSR count). The van der Waals surface area contributed by atoms with Crippen LogP contribution in [-0.4, -0.2) is 72.1 Å². The molecule has 1 aliphatic rings. The molecule has 1 fully saturated rings. The lowest BCUT2D eigenvalue weighted by atomic mass is 10.1. The Morgan fingerprint density at radius 2 is 1.88 bits per heavy atom.